The maximum Gasteiger partial charge on any atom is 0.185 e. The first-order valence-electron chi connectivity index (χ1n) is 8.21. The summed E-state index contributed by atoms with van der Waals surface area (Å²) in [6.07, 6.45) is 3.26. The fourth-order valence-electron chi connectivity index (χ4n) is 3.05. The van der Waals surface area contributed by atoms with Crippen LogP contribution in [0.2, 0.25) is 10.0 Å². The Morgan fingerprint density at radius 1 is 0.769 bits per heavy atom. The van der Waals surface area contributed by atoms with Crippen molar-refractivity contribution in [1.29, 1.82) is 0 Å². The van der Waals surface area contributed by atoms with Gasteiger partial charge >= 0.3 is 0 Å². The Bertz CT molecular complexity index is 1180. The SMILES string of the molecule is O=C(/C=C/c1ccc(Cl)cc1Cl)c1ccc2ccc3ccccc3c2c1. The molecule has 0 saturated heterocycles. The van der Waals surface area contributed by atoms with Crippen molar-refractivity contribution >= 4 is 56.6 Å². The van der Waals surface area contributed by atoms with Gasteiger partial charge in [-0.2, -0.15) is 0 Å². The Morgan fingerprint density at radius 3 is 2.31 bits per heavy atom. The van der Waals surface area contributed by atoms with E-state index in [0.29, 0.717) is 15.6 Å². The lowest BCUT2D eigenvalue weighted by atomic mass is 9.98. The van der Waals surface area contributed by atoms with Crippen LogP contribution < -0.4 is 0 Å². The first-order valence-corrected chi connectivity index (χ1v) is 8.96. The highest BCUT2D eigenvalue weighted by atomic mass is 35.5. The van der Waals surface area contributed by atoms with Crippen molar-refractivity contribution in [2.45, 2.75) is 0 Å². The number of carbonyl (C=O) groups is 1. The standard InChI is InChI=1S/C23H14Cl2O/c24-19-11-9-17(22(25)14-19)10-12-23(26)18-8-7-16-6-5-15-3-1-2-4-20(15)21(16)13-18/h1-14H/b12-10+. The Labute approximate surface area is 161 Å². The number of benzene rings is 4. The van der Waals surface area contributed by atoms with Crippen molar-refractivity contribution in [2.24, 2.45) is 0 Å². The number of fused-ring (bicyclic) bond motifs is 3. The maximum atomic E-state index is 12.6. The smallest absolute Gasteiger partial charge is 0.185 e. The third kappa shape index (κ3) is 3.24. The normalized spacial score (nSPS) is 11.5. The van der Waals surface area contributed by atoms with Gasteiger partial charge in [0.15, 0.2) is 5.78 Å². The van der Waals surface area contributed by atoms with Crippen LogP contribution in [-0.4, -0.2) is 5.78 Å². The van der Waals surface area contributed by atoms with E-state index in [1.807, 2.05) is 30.3 Å². The van der Waals surface area contributed by atoms with Crippen LogP contribution >= 0.6 is 23.2 Å². The van der Waals surface area contributed by atoms with Gasteiger partial charge in [-0.05, 0) is 57.5 Å². The minimum Gasteiger partial charge on any atom is -0.289 e. The molecule has 0 aliphatic carbocycles. The van der Waals surface area contributed by atoms with Crippen molar-refractivity contribution in [3.05, 3.63) is 100 Å². The fourth-order valence-corrected chi connectivity index (χ4v) is 3.53. The molecule has 0 heterocycles. The molecule has 1 nitrogen and oxygen atoms in total. The zero-order valence-electron chi connectivity index (χ0n) is 13.7. The summed E-state index contributed by atoms with van der Waals surface area (Å²) in [4.78, 5) is 12.6. The molecule has 0 spiro atoms. The van der Waals surface area contributed by atoms with E-state index >= 15 is 0 Å². The predicted molar refractivity (Wildman–Crippen MR) is 111 cm³/mol. The lowest BCUT2D eigenvalue weighted by Gasteiger charge is -2.05. The number of carbonyl (C=O) groups excluding carboxylic acids is 1. The van der Waals surface area contributed by atoms with Crippen LogP contribution in [-0.2, 0) is 0 Å². The first kappa shape index (κ1) is 16.8. The van der Waals surface area contributed by atoms with E-state index in [4.69, 9.17) is 23.2 Å². The number of ketones is 1. The summed E-state index contributed by atoms with van der Waals surface area (Å²) in [5.74, 6) is -0.0640. The van der Waals surface area contributed by atoms with Gasteiger partial charge in [-0.1, -0.05) is 77.8 Å². The molecule has 4 aromatic carbocycles. The molecule has 26 heavy (non-hydrogen) atoms. The van der Waals surface area contributed by atoms with Crippen molar-refractivity contribution in [3.8, 4) is 0 Å². The number of hydrogen-bond donors (Lipinski definition) is 0. The van der Waals surface area contributed by atoms with Gasteiger partial charge in [0.05, 0.1) is 0 Å². The third-order valence-electron chi connectivity index (χ3n) is 4.41. The zero-order chi connectivity index (χ0) is 18.1. The molecule has 3 heteroatoms. The minimum absolute atomic E-state index is 0.0640. The van der Waals surface area contributed by atoms with Crippen molar-refractivity contribution in [1.82, 2.24) is 0 Å². The Morgan fingerprint density at radius 2 is 1.50 bits per heavy atom. The van der Waals surface area contributed by atoms with E-state index in [1.165, 1.54) is 0 Å². The average molecular weight is 377 g/mol. The van der Waals surface area contributed by atoms with Crippen molar-refractivity contribution in [2.75, 3.05) is 0 Å². The Hall–Kier alpha value is -2.61. The summed E-state index contributed by atoms with van der Waals surface area (Å²) in [5.41, 5.74) is 1.41. The van der Waals surface area contributed by atoms with E-state index < -0.39 is 0 Å². The molecular formula is C23H14Cl2O. The lowest BCUT2D eigenvalue weighted by molar-refractivity contribution is 0.104. The molecule has 0 atom stereocenters. The average Bonchev–Trinajstić information content (AvgIpc) is 2.66. The van der Waals surface area contributed by atoms with Gasteiger partial charge in [-0.15, -0.1) is 0 Å². The van der Waals surface area contributed by atoms with Gasteiger partial charge in [0, 0.05) is 15.6 Å². The lowest BCUT2D eigenvalue weighted by Crippen LogP contribution is -1.94. The van der Waals surface area contributed by atoms with Gasteiger partial charge in [0.1, 0.15) is 0 Å². The number of rotatable bonds is 3. The quantitative estimate of drug-likeness (QED) is 0.210. The van der Waals surface area contributed by atoms with Crippen LogP contribution in [0.15, 0.2) is 78.9 Å². The molecule has 0 aliphatic rings. The van der Waals surface area contributed by atoms with E-state index in [1.54, 1.807) is 30.4 Å². The molecule has 4 aromatic rings. The second-order valence-electron chi connectivity index (χ2n) is 6.09. The van der Waals surface area contributed by atoms with Crippen LogP contribution in [0.5, 0.6) is 0 Å². The fraction of sp³-hybridized carbons (Fsp3) is 0. The Balaban J connectivity index is 1.72. The molecule has 0 amide bonds. The Kier molecular flexibility index (Phi) is 4.50. The van der Waals surface area contributed by atoms with E-state index in [0.717, 1.165) is 27.1 Å². The topological polar surface area (TPSA) is 17.1 Å². The third-order valence-corrected chi connectivity index (χ3v) is 4.97. The van der Waals surface area contributed by atoms with E-state index in [2.05, 4.69) is 24.3 Å². The largest absolute Gasteiger partial charge is 0.289 e. The van der Waals surface area contributed by atoms with Crippen LogP contribution in [0.3, 0.4) is 0 Å². The molecule has 0 unspecified atom stereocenters. The molecular weight excluding hydrogens is 363 g/mol. The zero-order valence-corrected chi connectivity index (χ0v) is 15.3. The molecule has 0 saturated carbocycles. The van der Waals surface area contributed by atoms with Crippen LogP contribution in [0.4, 0.5) is 0 Å². The first-order chi connectivity index (χ1) is 12.6. The van der Waals surface area contributed by atoms with Gasteiger partial charge < -0.3 is 0 Å². The molecule has 0 aliphatic heterocycles. The molecule has 0 radical (unpaired) electrons. The molecule has 0 N–H and O–H groups in total. The maximum absolute atomic E-state index is 12.6. The summed E-state index contributed by atoms with van der Waals surface area (Å²) in [6, 6.07) is 23.4. The number of allylic oxidation sites excluding steroid dienone is 1. The summed E-state index contributed by atoms with van der Waals surface area (Å²) < 4.78 is 0. The second-order valence-corrected chi connectivity index (χ2v) is 6.93. The van der Waals surface area contributed by atoms with Gasteiger partial charge in [-0.25, -0.2) is 0 Å². The molecule has 0 aromatic heterocycles. The summed E-state index contributed by atoms with van der Waals surface area (Å²) in [7, 11) is 0. The van der Waals surface area contributed by atoms with Crippen LogP contribution in [0.1, 0.15) is 15.9 Å². The van der Waals surface area contributed by atoms with Crippen molar-refractivity contribution < 1.29 is 4.79 Å². The van der Waals surface area contributed by atoms with E-state index in [9.17, 15) is 4.79 Å². The predicted octanol–water partition coefficient (Wildman–Crippen LogP) is 7.20. The van der Waals surface area contributed by atoms with Crippen LogP contribution in [0, 0.1) is 0 Å². The minimum atomic E-state index is -0.0640. The summed E-state index contributed by atoms with van der Waals surface area (Å²) in [6.45, 7) is 0. The van der Waals surface area contributed by atoms with Crippen LogP contribution in [0.25, 0.3) is 27.6 Å². The molecule has 4 rings (SSSR count). The monoisotopic (exact) mass is 376 g/mol. The number of hydrogen-bond acceptors (Lipinski definition) is 1. The van der Waals surface area contributed by atoms with E-state index in [-0.39, 0.29) is 5.78 Å². The highest BCUT2D eigenvalue weighted by molar-refractivity contribution is 6.35. The molecule has 0 fully saturated rings. The summed E-state index contributed by atoms with van der Waals surface area (Å²) >= 11 is 12.1. The molecule has 126 valence electrons. The highest BCUT2D eigenvalue weighted by Crippen LogP contribution is 2.27. The second kappa shape index (κ2) is 6.95. The summed E-state index contributed by atoms with van der Waals surface area (Å²) in [5, 5.41) is 5.58. The van der Waals surface area contributed by atoms with Gasteiger partial charge in [0.25, 0.3) is 0 Å². The van der Waals surface area contributed by atoms with Gasteiger partial charge in [0.2, 0.25) is 0 Å². The van der Waals surface area contributed by atoms with Gasteiger partial charge in [-0.3, -0.25) is 4.79 Å². The molecule has 0 bridgehead atoms. The number of halogens is 2. The van der Waals surface area contributed by atoms with Crippen molar-refractivity contribution in [3.63, 3.8) is 0 Å². The highest BCUT2D eigenvalue weighted by Gasteiger charge is 2.06.